The molecule has 0 aromatic carbocycles. The molecule has 0 unspecified atom stereocenters. The average molecular weight is 230 g/mol. The Morgan fingerprint density at radius 2 is 1.83 bits per heavy atom. The summed E-state index contributed by atoms with van der Waals surface area (Å²) in [5.41, 5.74) is 1.13. The van der Waals surface area contributed by atoms with Crippen LogP contribution in [0.5, 0.6) is 0 Å². The third-order valence-electron chi connectivity index (χ3n) is 1.14. The molecule has 0 N–H and O–H groups in total. The molecule has 1 nitrogen and oxygen atoms in total. The molecule has 1 aromatic rings. The summed E-state index contributed by atoms with van der Waals surface area (Å²) in [4.78, 5) is 4.21. The van der Waals surface area contributed by atoms with Gasteiger partial charge >= 0.3 is 0 Å². The second-order valence-corrected chi connectivity index (χ2v) is 3.32. The summed E-state index contributed by atoms with van der Waals surface area (Å²) >= 11 is 3.29. The maximum Gasteiger partial charge on any atom is 0.106 e. The standard InChI is InChI=1S/C7H8BrN.C3H8/c1-2-6-4-3-5-7(8)9-6;1-3-2/h3-5H,2H2,1H3;3H2,1-2H3. The molecule has 0 saturated heterocycles. The van der Waals surface area contributed by atoms with Gasteiger partial charge in [-0.3, -0.25) is 0 Å². The minimum atomic E-state index is 0.918. The zero-order valence-corrected chi connectivity index (χ0v) is 9.56. The van der Waals surface area contributed by atoms with Crippen molar-refractivity contribution >= 4 is 15.9 Å². The zero-order valence-electron chi connectivity index (χ0n) is 7.97. The minimum absolute atomic E-state index is 0.918. The topological polar surface area (TPSA) is 12.9 Å². The zero-order chi connectivity index (χ0) is 9.40. The van der Waals surface area contributed by atoms with E-state index in [4.69, 9.17) is 0 Å². The number of nitrogens with zero attached hydrogens (tertiary/aromatic N) is 1. The van der Waals surface area contributed by atoms with E-state index in [2.05, 4.69) is 41.7 Å². The molecular weight excluding hydrogens is 214 g/mol. The van der Waals surface area contributed by atoms with Crippen molar-refractivity contribution in [2.45, 2.75) is 33.6 Å². The van der Waals surface area contributed by atoms with Crippen LogP contribution in [-0.4, -0.2) is 4.98 Å². The molecule has 0 spiro atoms. The molecule has 0 fully saturated rings. The fourth-order valence-electron chi connectivity index (χ4n) is 0.647. The molecule has 0 atom stereocenters. The first-order chi connectivity index (χ1) is 5.74. The van der Waals surface area contributed by atoms with E-state index in [0.29, 0.717) is 0 Å². The van der Waals surface area contributed by atoms with E-state index >= 15 is 0 Å². The number of aromatic nitrogens is 1. The van der Waals surface area contributed by atoms with Crippen LogP contribution in [0.3, 0.4) is 0 Å². The quantitative estimate of drug-likeness (QED) is 0.668. The summed E-state index contributed by atoms with van der Waals surface area (Å²) in [6.07, 6.45) is 2.25. The number of hydrogen-bond acceptors (Lipinski definition) is 1. The van der Waals surface area contributed by atoms with E-state index in [-0.39, 0.29) is 0 Å². The number of rotatable bonds is 1. The third kappa shape index (κ3) is 5.30. The Hall–Kier alpha value is -0.370. The first-order valence-corrected chi connectivity index (χ1v) is 5.15. The summed E-state index contributed by atoms with van der Waals surface area (Å²) in [5.74, 6) is 0. The van der Waals surface area contributed by atoms with Crippen LogP contribution in [0.15, 0.2) is 22.8 Å². The molecule has 1 aromatic heterocycles. The monoisotopic (exact) mass is 229 g/mol. The van der Waals surface area contributed by atoms with Crippen LogP contribution in [0, 0.1) is 0 Å². The van der Waals surface area contributed by atoms with Crippen molar-refractivity contribution in [1.82, 2.24) is 4.98 Å². The van der Waals surface area contributed by atoms with Gasteiger partial charge in [-0.2, -0.15) is 0 Å². The molecule has 2 heteroatoms. The molecule has 12 heavy (non-hydrogen) atoms. The normalized spacial score (nSPS) is 8.67. The van der Waals surface area contributed by atoms with Crippen LogP contribution in [0.1, 0.15) is 32.9 Å². The number of hydrogen-bond donors (Lipinski definition) is 0. The van der Waals surface area contributed by atoms with Crippen molar-refractivity contribution < 1.29 is 0 Å². The Morgan fingerprint density at radius 1 is 1.25 bits per heavy atom. The van der Waals surface area contributed by atoms with Gasteiger partial charge in [0.25, 0.3) is 0 Å². The van der Waals surface area contributed by atoms with Gasteiger partial charge in [0.05, 0.1) is 0 Å². The number of pyridine rings is 1. The predicted molar refractivity (Wildman–Crippen MR) is 57.3 cm³/mol. The lowest BCUT2D eigenvalue weighted by Crippen LogP contribution is -1.84. The second kappa shape index (κ2) is 7.29. The van der Waals surface area contributed by atoms with Gasteiger partial charge < -0.3 is 0 Å². The first-order valence-electron chi connectivity index (χ1n) is 4.36. The Balaban J connectivity index is 0.000000354. The highest BCUT2D eigenvalue weighted by Gasteiger charge is 1.88. The van der Waals surface area contributed by atoms with Gasteiger partial charge in [0.15, 0.2) is 0 Å². The molecule has 1 rings (SSSR count). The summed E-state index contributed by atoms with van der Waals surface area (Å²) in [5, 5.41) is 0. The minimum Gasteiger partial charge on any atom is -0.246 e. The van der Waals surface area contributed by atoms with Gasteiger partial charge in [-0.1, -0.05) is 33.3 Å². The Labute approximate surface area is 83.3 Å². The molecule has 0 aliphatic rings. The van der Waals surface area contributed by atoms with Crippen molar-refractivity contribution in [2.24, 2.45) is 0 Å². The van der Waals surface area contributed by atoms with E-state index in [1.807, 2.05) is 18.2 Å². The highest BCUT2D eigenvalue weighted by molar-refractivity contribution is 9.10. The lowest BCUT2D eigenvalue weighted by Gasteiger charge is -1.93. The van der Waals surface area contributed by atoms with E-state index in [0.717, 1.165) is 16.7 Å². The van der Waals surface area contributed by atoms with Gasteiger partial charge in [0.2, 0.25) is 0 Å². The van der Waals surface area contributed by atoms with Gasteiger partial charge in [-0.15, -0.1) is 0 Å². The molecule has 0 bridgehead atoms. The predicted octanol–water partition coefficient (Wildman–Crippen LogP) is 3.82. The molecular formula is C10H16BrN. The SMILES string of the molecule is CCC.CCc1cccc(Br)n1. The fraction of sp³-hybridized carbons (Fsp3) is 0.500. The van der Waals surface area contributed by atoms with Crippen LogP contribution < -0.4 is 0 Å². The molecule has 0 amide bonds. The van der Waals surface area contributed by atoms with E-state index in [1.165, 1.54) is 6.42 Å². The Bertz CT molecular complexity index is 211. The van der Waals surface area contributed by atoms with Crippen molar-refractivity contribution in [3.63, 3.8) is 0 Å². The highest BCUT2D eigenvalue weighted by Crippen LogP contribution is 2.05. The summed E-state index contributed by atoms with van der Waals surface area (Å²) in [6, 6.07) is 5.94. The lowest BCUT2D eigenvalue weighted by molar-refractivity contribution is 1.02. The summed E-state index contributed by atoms with van der Waals surface area (Å²) in [7, 11) is 0. The van der Waals surface area contributed by atoms with Crippen LogP contribution in [0.2, 0.25) is 0 Å². The van der Waals surface area contributed by atoms with E-state index in [1.54, 1.807) is 0 Å². The third-order valence-corrected chi connectivity index (χ3v) is 1.58. The fourth-order valence-corrected chi connectivity index (χ4v) is 1.03. The summed E-state index contributed by atoms with van der Waals surface area (Å²) < 4.78 is 0.918. The molecule has 1 heterocycles. The maximum absolute atomic E-state index is 4.21. The molecule has 68 valence electrons. The molecule has 0 saturated carbocycles. The first kappa shape index (κ1) is 11.6. The van der Waals surface area contributed by atoms with Crippen molar-refractivity contribution in [3.05, 3.63) is 28.5 Å². The van der Waals surface area contributed by atoms with Crippen molar-refractivity contribution in [2.75, 3.05) is 0 Å². The van der Waals surface area contributed by atoms with Crippen LogP contribution in [-0.2, 0) is 6.42 Å². The van der Waals surface area contributed by atoms with Gasteiger partial charge in [-0.05, 0) is 34.5 Å². The van der Waals surface area contributed by atoms with Gasteiger partial charge in [0, 0.05) is 5.69 Å². The van der Waals surface area contributed by atoms with Crippen LogP contribution in [0.25, 0.3) is 0 Å². The van der Waals surface area contributed by atoms with Crippen LogP contribution in [0.4, 0.5) is 0 Å². The highest BCUT2D eigenvalue weighted by atomic mass is 79.9. The average Bonchev–Trinajstić information content (AvgIpc) is 2.06. The number of halogens is 1. The smallest absolute Gasteiger partial charge is 0.106 e. The lowest BCUT2D eigenvalue weighted by atomic mass is 10.3. The maximum atomic E-state index is 4.21. The van der Waals surface area contributed by atoms with E-state index < -0.39 is 0 Å². The molecule has 0 radical (unpaired) electrons. The van der Waals surface area contributed by atoms with Crippen molar-refractivity contribution in [3.8, 4) is 0 Å². The Morgan fingerprint density at radius 3 is 2.17 bits per heavy atom. The van der Waals surface area contributed by atoms with Crippen molar-refractivity contribution in [1.29, 1.82) is 0 Å². The van der Waals surface area contributed by atoms with Gasteiger partial charge in [-0.25, -0.2) is 4.98 Å². The van der Waals surface area contributed by atoms with Crippen LogP contribution >= 0.6 is 15.9 Å². The number of aryl methyl sites for hydroxylation is 1. The summed E-state index contributed by atoms with van der Waals surface area (Å²) in [6.45, 7) is 6.34. The second-order valence-electron chi connectivity index (χ2n) is 2.51. The van der Waals surface area contributed by atoms with Gasteiger partial charge in [0.1, 0.15) is 4.60 Å². The Kier molecular flexibility index (Phi) is 7.06. The largest absolute Gasteiger partial charge is 0.246 e. The molecule has 0 aliphatic carbocycles. The molecule has 0 aliphatic heterocycles. The van der Waals surface area contributed by atoms with E-state index in [9.17, 15) is 0 Å².